The highest BCUT2D eigenvalue weighted by Crippen LogP contribution is 2.27. The summed E-state index contributed by atoms with van der Waals surface area (Å²) in [5, 5.41) is 0. The van der Waals surface area contributed by atoms with Crippen molar-refractivity contribution >= 4 is 12.4 Å². The normalized spacial score (nSPS) is 15.9. The molecule has 0 saturated carbocycles. The number of unbranched alkanes of at least 4 members (excludes halogenated alkanes) is 5. The summed E-state index contributed by atoms with van der Waals surface area (Å²) in [4.78, 5) is 2.47. The number of benzene rings is 2. The van der Waals surface area contributed by atoms with E-state index < -0.39 is 0 Å². The highest BCUT2D eigenvalue weighted by Gasteiger charge is 2.20. The Bertz CT molecular complexity index is 767. The lowest BCUT2D eigenvalue weighted by atomic mass is 10.0. The molecule has 1 unspecified atom stereocenters. The molecular weight excluding hydrogens is 430 g/mol. The van der Waals surface area contributed by atoms with Gasteiger partial charge in [0.2, 0.25) is 0 Å². The molecule has 33 heavy (non-hydrogen) atoms. The topological polar surface area (TPSA) is 21.7 Å². The van der Waals surface area contributed by atoms with Crippen LogP contribution in [0.3, 0.4) is 0 Å². The largest absolute Gasteiger partial charge is 0.494 e. The predicted octanol–water partition coefficient (Wildman–Crippen LogP) is 7.50. The van der Waals surface area contributed by atoms with Gasteiger partial charge in [0.25, 0.3) is 0 Å². The molecule has 0 radical (unpaired) electrons. The summed E-state index contributed by atoms with van der Waals surface area (Å²) in [6, 6.07) is 17.8. The molecule has 3 rings (SSSR count). The van der Waals surface area contributed by atoms with Crippen molar-refractivity contribution in [1.82, 2.24) is 4.90 Å². The molecule has 1 atom stereocenters. The van der Waals surface area contributed by atoms with Crippen LogP contribution in [0.1, 0.15) is 75.8 Å². The van der Waals surface area contributed by atoms with E-state index in [1.54, 1.807) is 0 Å². The number of aryl methyl sites for hydroxylation is 2. The molecule has 4 heteroatoms. The Morgan fingerprint density at radius 2 is 1.67 bits per heavy atom. The summed E-state index contributed by atoms with van der Waals surface area (Å²) in [5.41, 5.74) is 2.62. The van der Waals surface area contributed by atoms with Gasteiger partial charge in [-0.3, -0.25) is 0 Å². The van der Waals surface area contributed by atoms with Crippen LogP contribution in [0, 0.1) is 0 Å². The van der Waals surface area contributed by atoms with Crippen molar-refractivity contribution in [3.05, 3.63) is 59.7 Å². The van der Waals surface area contributed by atoms with E-state index in [-0.39, 0.29) is 12.4 Å². The third-order valence-electron chi connectivity index (χ3n) is 6.70. The van der Waals surface area contributed by atoms with Crippen LogP contribution in [0.4, 0.5) is 0 Å². The van der Waals surface area contributed by atoms with Gasteiger partial charge in [0, 0.05) is 6.04 Å². The third-order valence-corrected chi connectivity index (χ3v) is 6.70. The number of likely N-dealkylation sites (tertiary alicyclic amines) is 1. The fourth-order valence-corrected chi connectivity index (χ4v) is 4.63. The van der Waals surface area contributed by atoms with Crippen molar-refractivity contribution in [3.63, 3.8) is 0 Å². The first-order valence-corrected chi connectivity index (χ1v) is 12.9. The molecule has 0 bridgehead atoms. The van der Waals surface area contributed by atoms with Crippen molar-refractivity contribution in [1.29, 1.82) is 0 Å². The highest BCUT2D eigenvalue weighted by atomic mass is 35.5. The number of rotatable bonds is 15. The van der Waals surface area contributed by atoms with Crippen molar-refractivity contribution in [2.24, 2.45) is 0 Å². The molecule has 3 nitrogen and oxygen atoms in total. The lowest BCUT2D eigenvalue weighted by Gasteiger charge is -2.20. The second-order valence-electron chi connectivity index (χ2n) is 9.29. The predicted molar refractivity (Wildman–Crippen MR) is 142 cm³/mol. The number of nitrogens with zero attached hydrogens (tertiary/aromatic N) is 1. The van der Waals surface area contributed by atoms with Gasteiger partial charge in [-0.2, -0.15) is 0 Å². The Hall–Kier alpha value is -1.71. The molecule has 1 fully saturated rings. The number of halogens is 1. The average Bonchev–Trinajstić information content (AvgIpc) is 3.23. The fourth-order valence-electron chi connectivity index (χ4n) is 4.63. The Morgan fingerprint density at radius 3 is 2.42 bits per heavy atom. The quantitative estimate of drug-likeness (QED) is 0.250. The molecule has 0 amide bonds. The van der Waals surface area contributed by atoms with E-state index in [4.69, 9.17) is 9.47 Å². The van der Waals surface area contributed by atoms with Gasteiger partial charge in [-0.25, -0.2) is 0 Å². The van der Waals surface area contributed by atoms with Crippen molar-refractivity contribution in [2.75, 3.05) is 26.8 Å². The zero-order chi connectivity index (χ0) is 22.4. The first-order valence-electron chi connectivity index (χ1n) is 12.9. The molecule has 1 aliphatic rings. The van der Waals surface area contributed by atoms with Crippen LogP contribution in [0.15, 0.2) is 48.5 Å². The molecule has 0 N–H and O–H groups in total. The molecular formula is C29H44ClNO2. The second-order valence-corrected chi connectivity index (χ2v) is 9.29. The van der Waals surface area contributed by atoms with Gasteiger partial charge >= 0.3 is 0 Å². The van der Waals surface area contributed by atoms with Gasteiger partial charge in [0.05, 0.1) is 13.2 Å². The Kier molecular flexibility index (Phi) is 13.4. The van der Waals surface area contributed by atoms with Gasteiger partial charge in [-0.15, -0.1) is 12.4 Å². The first-order chi connectivity index (χ1) is 15.8. The van der Waals surface area contributed by atoms with E-state index in [1.165, 1.54) is 62.6 Å². The molecule has 2 aromatic carbocycles. The molecule has 1 saturated heterocycles. The van der Waals surface area contributed by atoms with Crippen LogP contribution in [0.2, 0.25) is 0 Å². The minimum atomic E-state index is 0. The fraction of sp³-hybridized carbons (Fsp3) is 0.586. The zero-order valence-electron chi connectivity index (χ0n) is 20.8. The zero-order valence-corrected chi connectivity index (χ0v) is 21.6. The van der Waals surface area contributed by atoms with Gasteiger partial charge in [0.1, 0.15) is 11.5 Å². The van der Waals surface area contributed by atoms with E-state index >= 15 is 0 Å². The Morgan fingerprint density at radius 1 is 0.879 bits per heavy atom. The molecule has 0 spiro atoms. The van der Waals surface area contributed by atoms with Crippen molar-refractivity contribution in [3.8, 4) is 11.5 Å². The summed E-state index contributed by atoms with van der Waals surface area (Å²) in [5.74, 6) is 2.00. The number of hydrogen-bond acceptors (Lipinski definition) is 3. The Labute approximate surface area is 208 Å². The maximum Gasteiger partial charge on any atom is 0.122 e. The smallest absolute Gasteiger partial charge is 0.122 e. The lowest BCUT2D eigenvalue weighted by molar-refractivity contribution is 0.232. The molecule has 1 heterocycles. The molecule has 2 aromatic rings. The van der Waals surface area contributed by atoms with Crippen molar-refractivity contribution in [2.45, 2.75) is 83.6 Å². The average molecular weight is 474 g/mol. The van der Waals surface area contributed by atoms with Gasteiger partial charge in [0.15, 0.2) is 0 Å². The highest BCUT2D eigenvalue weighted by molar-refractivity contribution is 5.85. The first kappa shape index (κ1) is 27.5. The minimum Gasteiger partial charge on any atom is -0.494 e. The maximum atomic E-state index is 6.29. The summed E-state index contributed by atoms with van der Waals surface area (Å²) < 4.78 is 12.4. The summed E-state index contributed by atoms with van der Waals surface area (Å²) in [6.07, 6.45) is 13.4. The second kappa shape index (κ2) is 16.0. The molecule has 1 aliphatic heterocycles. The lowest BCUT2D eigenvalue weighted by Crippen LogP contribution is -2.26. The third kappa shape index (κ3) is 9.98. The van der Waals surface area contributed by atoms with Gasteiger partial charge in [-0.1, -0.05) is 69.4 Å². The summed E-state index contributed by atoms with van der Waals surface area (Å²) in [6.45, 7) is 5.07. The molecule has 184 valence electrons. The van der Waals surface area contributed by atoms with Gasteiger partial charge in [-0.05, 0) is 81.4 Å². The Balaban J connectivity index is 0.00000385. The monoisotopic (exact) mass is 473 g/mol. The van der Waals surface area contributed by atoms with Crippen LogP contribution in [0.25, 0.3) is 0 Å². The van der Waals surface area contributed by atoms with E-state index in [9.17, 15) is 0 Å². The van der Waals surface area contributed by atoms with Crippen LogP contribution in [-0.2, 0) is 12.8 Å². The van der Waals surface area contributed by atoms with Gasteiger partial charge < -0.3 is 14.4 Å². The van der Waals surface area contributed by atoms with E-state index in [0.717, 1.165) is 50.4 Å². The van der Waals surface area contributed by atoms with Crippen molar-refractivity contribution < 1.29 is 9.47 Å². The maximum absolute atomic E-state index is 6.29. The number of ether oxygens (including phenoxy) is 2. The van der Waals surface area contributed by atoms with Crippen LogP contribution >= 0.6 is 12.4 Å². The minimum absolute atomic E-state index is 0. The SMILES string of the molecule is CCCCCCCCOc1ccc(OCCC2CCCN2C)c(CCc2ccccc2)c1.Cl. The standard InChI is InChI=1S/C29H43NO2.ClH/c1-3-4-5-6-7-11-22-31-28-18-19-29(32-23-20-27-15-12-21-30(27)2)26(24-28)17-16-25-13-9-8-10-14-25;/h8-10,13-14,18-19,24,27H,3-7,11-12,15-17,20-23H2,1-2H3;1H. The molecule has 0 aliphatic carbocycles. The summed E-state index contributed by atoms with van der Waals surface area (Å²) >= 11 is 0. The van der Waals surface area contributed by atoms with Crippen LogP contribution in [-0.4, -0.2) is 37.7 Å². The van der Waals surface area contributed by atoms with E-state index in [1.807, 2.05) is 0 Å². The van der Waals surface area contributed by atoms with Crippen LogP contribution < -0.4 is 9.47 Å². The van der Waals surface area contributed by atoms with Crippen LogP contribution in [0.5, 0.6) is 11.5 Å². The molecule has 0 aromatic heterocycles. The summed E-state index contributed by atoms with van der Waals surface area (Å²) in [7, 11) is 2.24. The van der Waals surface area contributed by atoms with E-state index in [0.29, 0.717) is 6.04 Å². The van der Waals surface area contributed by atoms with E-state index in [2.05, 4.69) is 67.4 Å². The number of hydrogen-bond donors (Lipinski definition) is 0.